The summed E-state index contributed by atoms with van der Waals surface area (Å²) in [5.41, 5.74) is 11.5. The lowest BCUT2D eigenvalue weighted by atomic mass is 10.1. The highest BCUT2D eigenvalue weighted by Gasteiger charge is 2.06. The minimum absolute atomic E-state index is 0.00155. The number of anilines is 2. The van der Waals surface area contributed by atoms with Crippen molar-refractivity contribution in [2.75, 3.05) is 11.5 Å². The lowest BCUT2D eigenvalue weighted by Crippen LogP contribution is -1.89. The summed E-state index contributed by atoms with van der Waals surface area (Å²) < 4.78 is 0. The van der Waals surface area contributed by atoms with Gasteiger partial charge in [-0.15, -0.1) is 0 Å². The first-order valence-electron chi connectivity index (χ1n) is 4.09. The summed E-state index contributed by atoms with van der Waals surface area (Å²) in [6.07, 6.45) is 0. The molecule has 14 heavy (non-hydrogen) atoms. The molecule has 2 rings (SSSR count). The minimum Gasteiger partial charge on any atom is -0.506 e. The lowest BCUT2D eigenvalue weighted by Gasteiger charge is -2.06. The number of fused-ring (bicyclic) bond motifs is 1. The molecule has 6 N–H and O–H groups in total. The van der Waals surface area contributed by atoms with Gasteiger partial charge in [0.1, 0.15) is 11.5 Å². The molecule has 0 fully saturated rings. The van der Waals surface area contributed by atoms with Crippen molar-refractivity contribution in [3.05, 3.63) is 24.3 Å². The van der Waals surface area contributed by atoms with Gasteiger partial charge >= 0.3 is 0 Å². The van der Waals surface area contributed by atoms with Crippen LogP contribution < -0.4 is 11.5 Å². The standard InChI is InChI=1S/C10H10N2O2/c11-7-2-1-5-3-9(13)8(12)4-6(5)10(7)14/h1-4,13-14H,11-12H2. The minimum atomic E-state index is -0.00537. The predicted molar refractivity (Wildman–Crippen MR) is 56.1 cm³/mol. The average molecular weight is 190 g/mol. The smallest absolute Gasteiger partial charge is 0.146 e. The maximum atomic E-state index is 9.61. The van der Waals surface area contributed by atoms with Crippen LogP contribution in [0.2, 0.25) is 0 Å². The van der Waals surface area contributed by atoms with Crippen LogP contribution in [0.25, 0.3) is 10.8 Å². The number of phenolic OH excluding ortho intramolecular Hbond substituents is 2. The molecule has 0 atom stereocenters. The van der Waals surface area contributed by atoms with Gasteiger partial charge in [0, 0.05) is 5.39 Å². The average Bonchev–Trinajstić information content (AvgIpc) is 2.15. The molecule has 2 aromatic carbocycles. The summed E-state index contributed by atoms with van der Waals surface area (Å²) in [4.78, 5) is 0. The Labute approximate surface area is 80.4 Å². The van der Waals surface area contributed by atoms with E-state index < -0.39 is 0 Å². The van der Waals surface area contributed by atoms with E-state index in [9.17, 15) is 10.2 Å². The zero-order chi connectivity index (χ0) is 10.3. The van der Waals surface area contributed by atoms with E-state index in [2.05, 4.69) is 0 Å². The molecule has 0 unspecified atom stereocenters. The monoisotopic (exact) mass is 190 g/mol. The second-order valence-electron chi connectivity index (χ2n) is 3.14. The van der Waals surface area contributed by atoms with Gasteiger partial charge in [0.05, 0.1) is 11.4 Å². The van der Waals surface area contributed by atoms with Gasteiger partial charge in [-0.25, -0.2) is 0 Å². The Morgan fingerprint density at radius 1 is 0.929 bits per heavy atom. The fourth-order valence-electron chi connectivity index (χ4n) is 1.38. The molecule has 0 bridgehead atoms. The maximum absolute atomic E-state index is 9.61. The molecule has 0 aliphatic rings. The van der Waals surface area contributed by atoms with E-state index in [1.807, 2.05) is 0 Å². The molecule has 0 saturated carbocycles. The normalized spacial score (nSPS) is 10.6. The van der Waals surface area contributed by atoms with Crippen LogP contribution in [0.4, 0.5) is 11.4 Å². The zero-order valence-corrected chi connectivity index (χ0v) is 7.36. The van der Waals surface area contributed by atoms with Crippen molar-refractivity contribution in [3.63, 3.8) is 0 Å². The second kappa shape index (κ2) is 2.70. The van der Waals surface area contributed by atoms with E-state index in [1.165, 1.54) is 12.1 Å². The fourth-order valence-corrected chi connectivity index (χ4v) is 1.38. The summed E-state index contributed by atoms with van der Waals surface area (Å²) in [5.74, 6) is -0.00382. The molecule has 0 heterocycles. The topological polar surface area (TPSA) is 92.5 Å². The third-order valence-corrected chi connectivity index (χ3v) is 2.17. The quantitative estimate of drug-likeness (QED) is 0.373. The Balaban J connectivity index is 2.89. The molecule has 4 nitrogen and oxygen atoms in total. The Morgan fingerprint density at radius 2 is 1.64 bits per heavy atom. The Morgan fingerprint density at radius 3 is 2.36 bits per heavy atom. The summed E-state index contributed by atoms with van der Waals surface area (Å²) in [7, 11) is 0. The van der Waals surface area contributed by atoms with Gasteiger partial charge in [-0.05, 0) is 23.6 Å². The van der Waals surface area contributed by atoms with Crippen LogP contribution in [0.3, 0.4) is 0 Å². The molecule has 72 valence electrons. The SMILES string of the molecule is Nc1cc2c(O)c(N)ccc2cc1O. The molecule has 0 saturated heterocycles. The summed E-state index contributed by atoms with van der Waals surface area (Å²) >= 11 is 0. The van der Waals surface area contributed by atoms with Crippen LogP contribution in [0.1, 0.15) is 0 Å². The number of hydrogen-bond acceptors (Lipinski definition) is 4. The van der Waals surface area contributed by atoms with Crippen LogP contribution in [-0.4, -0.2) is 10.2 Å². The number of nitrogens with two attached hydrogens (primary N) is 2. The maximum Gasteiger partial charge on any atom is 0.146 e. The first-order chi connectivity index (χ1) is 6.59. The van der Waals surface area contributed by atoms with Crippen molar-refractivity contribution < 1.29 is 10.2 Å². The molecular formula is C10H10N2O2. The van der Waals surface area contributed by atoms with Crippen molar-refractivity contribution in [1.82, 2.24) is 0 Å². The van der Waals surface area contributed by atoms with E-state index in [-0.39, 0.29) is 17.2 Å². The van der Waals surface area contributed by atoms with E-state index in [0.717, 1.165) is 0 Å². The third kappa shape index (κ3) is 1.08. The van der Waals surface area contributed by atoms with Gasteiger partial charge in [-0.1, -0.05) is 6.07 Å². The zero-order valence-electron chi connectivity index (χ0n) is 7.36. The first kappa shape index (κ1) is 8.50. The van der Waals surface area contributed by atoms with Gasteiger partial charge in [-0.3, -0.25) is 0 Å². The number of nitrogen functional groups attached to an aromatic ring is 2. The number of phenols is 2. The van der Waals surface area contributed by atoms with Crippen LogP contribution >= 0.6 is 0 Å². The molecular weight excluding hydrogens is 180 g/mol. The first-order valence-corrected chi connectivity index (χ1v) is 4.09. The Bertz CT molecular complexity index is 509. The van der Waals surface area contributed by atoms with Crippen molar-refractivity contribution in [2.24, 2.45) is 0 Å². The third-order valence-electron chi connectivity index (χ3n) is 2.17. The van der Waals surface area contributed by atoms with Crippen molar-refractivity contribution in [1.29, 1.82) is 0 Å². The highest BCUT2D eigenvalue weighted by molar-refractivity contribution is 5.96. The number of hydrogen-bond donors (Lipinski definition) is 4. The Hall–Kier alpha value is -2.10. The van der Waals surface area contributed by atoms with E-state index in [4.69, 9.17) is 11.5 Å². The lowest BCUT2D eigenvalue weighted by molar-refractivity contribution is 0.478. The molecule has 0 aromatic heterocycles. The predicted octanol–water partition coefficient (Wildman–Crippen LogP) is 1.42. The van der Waals surface area contributed by atoms with Gasteiger partial charge < -0.3 is 21.7 Å². The summed E-state index contributed by atoms with van der Waals surface area (Å²) in [5, 5.41) is 20.2. The van der Waals surface area contributed by atoms with Gasteiger partial charge in [-0.2, -0.15) is 0 Å². The van der Waals surface area contributed by atoms with Crippen molar-refractivity contribution in [2.45, 2.75) is 0 Å². The summed E-state index contributed by atoms with van der Waals surface area (Å²) in [6, 6.07) is 6.27. The largest absolute Gasteiger partial charge is 0.506 e. The number of benzene rings is 2. The number of aromatic hydroxyl groups is 2. The highest BCUT2D eigenvalue weighted by atomic mass is 16.3. The van der Waals surface area contributed by atoms with Gasteiger partial charge in [0.25, 0.3) is 0 Å². The van der Waals surface area contributed by atoms with Gasteiger partial charge in [0.2, 0.25) is 0 Å². The van der Waals surface area contributed by atoms with Crippen LogP contribution in [0, 0.1) is 0 Å². The van der Waals surface area contributed by atoms with Crippen LogP contribution in [0.5, 0.6) is 11.5 Å². The number of rotatable bonds is 0. The van der Waals surface area contributed by atoms with Crippen molar-refractivity contribution >= 4 is 22.1 Å². The highest BCUT2D eigenvalue weighted by Crippen LogP contribution is 2.35. The van der Waals surface area contributed by atoms with E-state index >= 15 is 0 Å². The second-order valence-corrected chi connectivity index (χ2v) is 3.14. The van der Waals surface area contributed by atoms with Crippen molar-refractivity contribution in [3.8, 4) is 11.5 Å². The van der Waals surface area contributed by atoms with Crippen LogP contribution in [-0.2, 0) is 0 Å². The molecule has 0 spiro atoms. The molecule has 2 aromatic rings. The van der Waals surface area contributed by atoms with E-state index in [0.29, 0.717) is 16.5 Å². The van der Waals surface area contributed by atoms with E-state index in [1.54, 1.807) is 12.1 Å². The fraction of sp³-hybridized carbons (Fsp3) is 0. The molecule has 0 aliphatic heterocycles. The molecule has 0 radical (unpaired) electrons. The molecule has 0 amide bonds. The van der Waals surface area contributed by atoms with Gasteiger partial charge in [0.15, 0.2) is 0 Å². The molecule has 4 heteroatoms. The van der Waals surface area contributed by atoms with Crippen LogP contribution in [0.15, 0.2) is 24.3 Å². The Kier molecular flexibility index (Phi) is 1.64. The summed E-state index contributed by atoms with van der Waals surface area (Å²) in [6.45, 7) is 0. The molecule has 0 aliphatic carbocycles.